The molecule has 0 spiro atoms. The van der Waals surface area contributed by atoms with Gasteiger partial charge in [-0.3, -0.25) is 14.5 Å². The van der Waals surface area contributed by atoms with Crippen molar-refractivity contribution < 1.29 is 19.1 Å². The molecule has 4 nitrogen and oxygen atoms in total. The van der Waals surface area contributed by atoms with Crippen molar-refractivity contribution in [2.24, 2.45) is 0 Å². The molecule has 0 radical (unpaired) electrons. The number of ketones is 1. The third-order valence-electron chi connectivity index (χ3n) is 6.40. The fourth-order valence-corrected chi connectivity index (χ4v) is 4.43. The number of nitrogens with zero attached hydrogens (tertiary/aromatic N) is 1. The number of hydrogen-bond donors (Lipinski definition) is 1. The van der Waals surface area contributed by atoms with Crippen LogP contribution in [0.1, 0.15) is 54.6 Å². The number of aryl methyl sites for hydroxylation is 2. The number of carbonyl (C=O) groups excluding carboxylic acids is 2. The van der Waals surface area contributed by atoms with Crippen LogP contribution < -0.4 is 4.90 Å². The van der Waals surface area contributed by atoms with Gasteiger partial charge in [0.1, 0.15) is 11.6 Å². The van der Waals surface area contributed by atoms with E-state index in [0.717, 1.165) is 11.1 Å². The van der Waals surface area contributed by atoms with Crippen molar-refractivity contribution in [1.82, 2.24) is 0 Å². The Kier molecular flexibility index (Phi) is 6.32. The van der Waals surface area contributed by atoms with Gasteiger partial charge in [0.25, 0.3) is 11.7 Å². The van der Waals surface area contributed by atoms with Crippen LogP contribution in [0.25, 0.3) is 5.76 Å². The van der Waals surface area contributed by atoms with Crippen LogP contribution in [0.5, 0.6) is 0 Å². The maximum absolute atomic E-state index is 13.9. The SMILES string of the molecule is Cc1cc(/C(O)=C2\C(=O)C(=O)N(c3ccc(C)c(Cl)c3)C2c2ccc(C(C)(C)C)cc2)ccc1F. The number of amides is 1. The predicted octanol–water partition coefficient (Wildman–Crippen LogP) is 7.02. The molecule has 1 saturated heterocycles. The van der Waals surface area contributed by atoms with Gasteiger partial charge in [-0.1, -0.05) is 62.7 Å². The molecule has 1 fully saturated rings. The van der Waals surface area contributed by atoms with Crippen LogP contribution in [-0.2, 0) is 15.0 Å². The maximum Gasteiger partial charge on any atom is 0.300 e. The van der Waals surface area contributed by atoms with Crippen LogP contribution in [0.3, 0.4) is 0 Å². The largest absolute Gasteiger partial charge is 0.507 e. The van der Waals surface area contributed by atoms with Gasteiger partial charge in [-0.15, -0.1) is 0 Å². The van der Waals surface area contributed by atoms with E-state index < -0.39 is 23.5 Å². The van der Waals surface area contributed by atoms with Crippen molar-refractivity contribution in [3.63, 3.8) is 0 Å². The van der Waals surface area contributed by atoms with E-state index in [1.54, 1.807) is 25.1 Å². The van der Waals surface area contributed by atoms with Gasteiger partial charge >= 0.3 is 0 Å². The summed E-state index contributed by atoms with van der Waals surface area (Å²) in [4.78, 5) is 28.0. The van der Waals surface area contributed by atoms with E-state index in [9.17, 15) is 19.1 Å². The molecule has 3 aromatic carbocycles. The number of aliphatic hydroxyl groups is 1. The zero-order valence-corrected chi connectivity index (χ0v) is 21.1. The van der Waals surface area contributed by atoms with Crippen molar-refractivity contribution in [1.29, 1.82) is 0 Å². The highest BCUT2D eigenvalue weighted by Crippen LogP contribution is 2.43. The lowest BCUT2D eigenvalue weighted by Crippen LogP contribution is -2.29. The number of rotatable bonds is 3. The standard InChI is InChI=1S/C29H27ClFNO3/c1-16-6-12-21(15-22(16)30)32-25(18-7-10-20(11-8-18)29(3,4)5)24(27(34)28(32)35)26(33)19-9-13-23(31)17(2)14-19/h6-15,25,33H,1-5H3/b26-24+. The van der Waals surface area contributed by atoms with Gasteiger partial charge in [0, 0.05) is 16.3 Å². The molecular formula is C29H27ClFNO3. The Morgan fingerprint density at radius 3 is 2.17 bits per heavy atom. The molecule has 0 aromatic heterocycles. The molecule has 0 bridgehead atoms. The van der Waals surface area contributed by atoms with E-state index in [1.165, 1.54) is 23.1 Å². The van der Waals surface area contributed by atoms with Crippen LogP contribution in [0, 0.1) is 19.7 Å². The van der Waals surface area contributed by atoms with Crippen LogP contribution in [-0.4, -0.2) is 16.8 Å². The van der Waals surface area contributed by atoms with Crippen LogP contribution in [0.4, 0.5) is 10.1 Å². The lowest BCUT2D eigenvalue weighted by Gasteiger charge is -2.27. The number of carbonyl (C=O) groups is 2. The molecule has 4 rings (SSSR count). The monoisotopic (exact) mass is 491 g/mol. The van der Waals surface area contributed by atoms with Gasteiger partial charge in [-0.25, -0.2) is 4.39 Å². The second-order valence-electron chi connectivity index (χ2n) is 9.94. The predicted molar refractivity (Wildman–Crippen MR) is 137 cm³/mol. The molecule has 180 valence electrons. The molecule has 1 aliphatic heterocycles. The molecule has 1 aliphatic rings. The highest BCUT2D eigenvalue weighted by Gasteiger charge is 2.47. The molecule has 1 unspecified atom stereocenters. The summed E-state index contributed by atoms with van der Waals surface area (Å²) < 4.78 is 13.9. The first kappa shape index (κ1) is 24.7. The minimum absolute atomic E-state index is 0.0544. The lowest BCUT2D eigenvalue weighted by atomic mass is 9.85. The van der Waals surface area contributed by atoms with Gasteiger partial charge in [0.05, 0.1) is 11.6 Å². The van der Waals surface area contributed by atoms with Gasteiger partial charge in [-0.2, -0.15) is 0 Å². The fraction of sp³-hybridized carbons (Fsp3) is 0.241. The third kappa shape index (κ3) is 4.48. The van der Waals surface area contributed by atoms with E-state index in [-0.39, 0.29) is 22.3 Å². The minimum atomic E-state index is -0.881. The average Bonchev–Trinajstić information content (AvgIpc) is 3.07. The molecule has 6 heteroatoms. The second kappa shape index (κ2) is 8.97. The molecular weight excluding hydrogens is 465 g/mol. The summed E-state index contributed by atoms with van der Waals surface area (Å²) >= 11 is 6.35. The summed E-state index contributed by atoms with van der Waals surface area (Å²) in [7, 11) is 0. The molecule has 1 N–H and O–H groups in total. The average molecular weight is 492 g/mol. The summed E-state index contributed by atoms with van der Waals surface area (Å²) in [6, 6.07) is 16.0. The Morgan fingerprint density at radius 2 is 1.60 bits per heavy atom. The van der Waals surface area contributed by atoms with Crippen molar-refractivity contribution in [2.75, 3.05) is 4.90 Å². The topological polar surface area (TPSA) is 57.6 Å². The van der Waals surface area contributed by atoms with E-state index in [0.29, 0.717) is 21.8 Å². The van der Waals surface area contributed by atoms with Gasteiger partial charge in [-0.05, 0) is 71.8 Å². The lowest BCUT2D eigenvalue weighted by molar-refractivity contribution is -0.132. The summed E-state index contributed by atoms with van der Waals surface area (Å²) in [5.41, 5.74) is 3.47. The van der Waals surface area contributed by atoms with E-state index in [1.807, 2.05) is 31.2 Å². The first-order valence-electron chi connectivity index (χ1n) is 11.3. The molecule has 1 atom stereocenters. The summed E-state index contributed by atoms with van der Waals surface area (Å²) in [6.45, 7) is 9.71. The van der Waals surface area contributed by atoms with Gasteiger partial charge < -0.3 is 5.11 Å². The van der Waals surface area contributed by atoms with Crippen LogP contribution in [0.15, 0.2) is 66.2 Å². The van der Waals surface area contributed by atoms with Crippen molar-refractivity contribution in [3.8, 4) is 0 Å². The Bertz CT molecular complexity index is 1370. The van der Waals surface area contributed by atoms with E-state index in [2.05, 4.69) is 20.8 Å². The normalized spacial score (nSPS) is 17.8. The number of Topliss-reactive ketones (excluding diaryl/α,β-unsaturated/α-hetero) is 1. The van der Waals surface area contributed by atoms with Gasteiger partial charge in [0.15, 0.2) is 0 Å². The summed E-state index contributed by atoms with van der Waals surface area (Å²) in [6.07, 6.45) is 0. The third-order valence-corrected chi connectivity index (χ3v) is 6.81. The number of anilines is 1. The Hall–Kier alpha value is -3.44. The molecule has 1 heterocycles. The maximum atomic E-state index is 13.9. The highest BCUT2D eigenvalue weighted by atomic mass is 35.5. The molecule has 35 heavy (non-hydrogen) atoms. The zero-order chi connectivity index (χ0) is 25.7. The Balaban J connectivity index is 1.95. The zero-order valence-electron chi connectivity index (χ0n) is 20.3. The second-order valence-corrected chi connectivity index (χ2v) is 10.3. The molecule has 3 aromatic rings. The number of halogens is 2. The van der Waals surface area contributed by atoms with E-state index in [4.69, 9.17) is 11.6 Å². The smallest absolute Gasteiger partial charge is 0.300 e. The fourth-order valence-electron chi connectivity index (χ4n) is 4.26. The minimum Gasteiger partial charge on any atom is -0.507 e. The first-order valence-corrected chi connectivity index (χ1v) is 11.7. The van der Waals surface area contributed by atoms with Gasteiger partial charge in [0.2, 0.25) is 0 Å². The van der Waals surface area contributed by atoms with Crippen LogP contribution >= 0.6 is 11.6 Å². The summed E-state index contributed by atoms with van der Waals surface area (Å²) in [5.74, 6) is -2.36. The summed E-state index contributed by atoms with van der Waals surface area (Å²) in [5, 5.41) is 11.7. The molecule has 0 aliphatic carbocycles. The number of benzene rings is 3. The quantitative estimate of drug-likeness (QED) is 0.243. The number of aliphatic hydroxyl groups excluding tert-OH is 1. The Labute approximate surface area is 209 Å². The molecule has 0 saturated carbocycles. The van der Waals surface area contributed by atoms with E-state index >= 15 is 0 Å². The Morgan fingerprint density at radius 1 is 0.943 bits per heavy atom. The number of hydrogen-bond acceptors (Lipinski definition) is 3. The van der Waals surface area contributed by atoms with Crippen LogP contribution in [0.2, 0.25) is 5.02 Å². The first-order chi connectivity index (χ1) is 16.4. The van der Waals surface area contributed by atoms with Crippen molar-refractivity contribution in [2.45, 2.75) is 46.1 Å². The van der Waals surface area contributed by atoms with Crippen molar-refractivity contribution >= 4 is 34.7 Å². The highest BCUT2D eigenvalue weighted by molar-refractivity contribution is 6.51. The molecule has 1 amide bonds. The van der Waals surface area contributed by atoms with Crippen molar-refractivity contribution in [3.05, 3.63) is 105 Å².